The summed E-state index contributed by atoms with van der Waals surface area (Å²) in [6, 6.07) is 10.6. The molecule has 0 aliphatic carbocycles. The van der Waals surface area contributed by atoms with E-state index in [4.69, 9.17) is 4.74 Å². The third-order valence-corrected chi connectivity index (χ3v) is 3.09. The maximum atomic E-state index is 5.36. The van der Waals surface area contributed by atoms with Gasteiger partial charge in [0.2, 0.25) is 0 Å². The van der Waals surface area contributed by atoms with Crippen LogP contribution in [0.3, 0.4) is 0 Å². The van der Waals surface area contributed by atoms with Gasteiger partial charge in [-0.3, -0.25) is 0 Å². The Bertz CT molecular complexity index is 241. The molecule has 0 aliphatic rings. The van der Waals surface area contributed by atoms with Crippen LogP contribution in [0.2, 0.25) is 0 Å². The highest BCUT2D eigenvalue weighted by molar-refractivity contribution is 7.98. The van der Waals surface area contributed by atoms with Gasteiger partial charge in [0.1, 0.15) is 0 Å². The van der Waals surface area contributed by atoms with Crippen molar-refractivity contribution in [3.8, 4) is 0 Å². The number of rotatable bonds is 8. The monoisotopic (exact) mass is 226 g/mol. The van der Waals surface area contributed by atoms with Gasteiger partial charge >= 0.3 is 0 Å². The van der Waals surface area contributed by atoms with E-state index >= 15 is 0 Å². The van der Waals surface area contributed by atoms with Crippen molar-refractivity contribution in [2.24, 2.45) is 0 Å². The molecule has 15 heavy (non-hydrogen) atoms. The molecule has 0 saturated heterocycles. The molecular weight excluding hydrogens is 206 g/mol. The molecule has 0 aromatic heterocycles. The van der Waals surface area contributed by atoms with Crippen molar-refractivity contribution in [3.05, 3.63) is 35.9 Å². The summed E-state index contributed by atoms with van der Waals surface area (Å²) in [6.07, 6.45) is 1.14. The van der Waals surface area contributed by atoms with E-state index in [0.29, 0.717) is 0 Å². The molecule has 2 nitrogen and oxygen atoms in total. The molecule has 0 saturated carbocycles. The van der Waals surface area contributed by atoms with Gasteiger partial charge in [-0.05, 0) is 17.7 Å². The minimum absolute atomic E-state index is 0.795. The smallest absolute Gasteiger partial charge is 0.0977 e. The fraction of sp³-hybridized carbons (Fsp3) is 0.500. The van der Waals surface area contributed by atoms with E-state index in [2.05, 4.69) is 36.1 Å². The summed E-state index contributed by atoms with van der Waals surface area (Å²) >= 11 is 1.97. The number of hydrogen-bond donors (Lipinski definition) is 1. The molecule has 0 radical (unpaired) electrons. The second kappa shape index (κ2) is 8.77. The summed E-state index contributed by atoms with van der Waals surface area (Å²) in [4.78, 5) is 0. The summed E-state index contributed by atoms with van der Waals surface area (Å²) in [7, 11) is 0. The molecule has 1 rings (SSSR count). The topological polar surface area (TPSA) is 36.9 Å². The van der Waals surface area contributed by atoms with Crippen LogP contribution >= 0.6 is 11.8 Å². The van der Waals surface area contributed by atoms with Crippen molar-refractivity contribution in [1.29, 1.82) is 0 Å². The molecular formula is C12H20NOS+. The molecule has 84 valence electrons. The van der Waals surface area contributed by atoms with Crippen LogP contribution in [0.25, 0.3) is 0 Å². The Kier molecular flexibility index (Phi) is 7.34. The fourth-order valence-corrected chi connectivity index (χ4v) is 2.13. The number of thioether (sulfide) groups is 1. The molecule has 0 heterocycles. The summed E-state index contributed by atoms with van der Waals surface area (Å²) in [5.41, 5.74) is 5.13. The van der Waals surface area contributed by atoms with Gasteiger partial charge in [-0.15, -0.1) is 0 Å². The lowest BCUT2D eigenvalue weighted by atomic mass is 10.2. The SMILES string of the molecule is [NH3+]CCOCCCSCc1ccccc1. The number of quaternary nitrogens is 1. The minimum Gasteiger partial charge on any atom is -0.376 e. The van der Waals surface area contributed by atoms with Gasteiger partial charge in [0.25, 0.3) is 0 Å². The molecule has 0 fully saturated rings. The van der Waals surface area contributed by atoms with Crippen molar-refractivity contribution in [1.82, 2.24) is 0 Å². The van der Waals surface area contributed by atoms with Crippen LogP contribution in [0.4, 0.5) is 0 Å². The molecule has 3 heteroatoms. The van der Waals surface area contributed by atoms with Gasteiger partial charge in [0.15, 0.2) is 0 Å². The molecule has 0 bridgehead atoms. The molecule has 0 atom stereocenters. The zero-order chi connectivity index (χ0) is 10.8. The van der Waals surface area contributed by atoms with Gasteiger partial charge < -0.3 is 10.5 Å². The van der Waals surface area contributed by atoms with Crippen LogP contribution in [-0.4, -0.2) is 25.5 Å². The number of hydrogen-bond acceptors (Lipinski definition) is 2. The highest BCUT2D eigenvalue weighted by atomic mass is 32.2. The highest BCUT2D eigenvalue weighted by Gasteiger charge is 1.93. The maximum Gasteiger partial charge on any atom is 0.0977 e. The molecule has 0 spiro atoms. The zero-order valence-electron chi connectivity index (χ0n) is 9.15. The first-order chi connectivity index (χ1) is 7.43. The Morgan fingerprint density at radius 1 is 1.13 bits per heavy atom. The Morgan fingerprint density at radius 3 is 2.67 bits per heavy atom. The average Bonchev–Trinajstić information content (AvgIpc) is 2.29. The lowest BCUT2D eigenvalue weighted by Gasteiger charge is -2.02. The minimum atomic E-state index is 0.795. The van der Waals surface area contributed by atoms with E-state index in [1.165, 1.54) is 11.3 Å². The van der Waals surface area contributed by atoms with Gasteiger partial charge in [0.05, 0.1) is 13.2 Å². The van der Waals surface area contributed by atoms with E-state index < -0.39 is 0 Å². The Labute approximate surface area is 96.2 Å². The van der Waals surface area contributed by atoms with Crippen LogP contribution in [0, 0.1) is 0 Å². The van der Waals surface area contributed by atoms with Gasteiger partial charge in [-0.25, -0.2) is 0 Å². The van der Waals surface area contributed by atoms with Crippen LogP contribution < -0.4 is 5.73 Å². The van der Waals surface area contributed by atoms with Gasteiger partial charge in [-0.1, -0.05) is 30.3 Å². The first kappa shape index (κ1) is 12.6. The largest absolute Gasteiger partial charge is 0.376 e. The molecule has 0 unspecified atom stereocenters. The first-order valence-corrected chi connectivity index (χ1v) is 6.57. The van der Waals surface area contributed by atoms with Gasteiger partial charge in [-0.2, -0.15) is 11.8 Å². The van der Waals surface area contributed by atoms with E-state index in [0.717, 1.165) is 31.9 Å². The third-order valence-electron chi connectivity index (χ3n) is 1.98. The normalized spacial score (nSPS) is 10.5. The lowest BCUT2D eigenvalue weighted by molar-refractivity contribution is -0.374. The Hall–Kier alpha value is -0.510. The summed E-state index contributed by atoms with van der Waals surface area (Å²) < 4.78 is 5.36. The van der Waals surface area contributed by atoms with E-state index in [-0.39, 0.29) is 0 Å². The molecule has 0 aliphatic heterocycles. The van der Waals surface area contributed by atoms with Crippen LogP contribution in [-0.2, 0) is 10.5 Å². The summed E-state index contributed by atoms with van der Waals surface area (Å²) in [5.74, 6) is 2.28. The Balaban J connectivity index is 1.93. The third kappa shape index (κ3) is 6.55. The second-order valence-corrected chi connectivity index (χ2v) is 4.46. The molecule has 1 aromatic carbocycles. The maximum absolute atomic E-state index is 5.36. The lowest BCUT2D eigenvalue weighted by Crippen LogP contribution is -2.52. The van der Waals surface area contributed by atoms with Crippen LogP contribution in [0.1, 0.15) is 12.0 Å². The standard InChI is InChI=1S/C12H19NOS/c13-7-9-14-8-4-10-15-11-12-5-2-1-3-6-12/h1-3,5-6H,4,7-11,13H2/p+1. The summed E-state index contributed by atoms with van der Waals surface area (Å²) in [6.45, 7) is 2.54. The number of benzene rings is 1. The van der Waals surface area contributed by atoms with Crippen molar-refractivity contribution in [2.45, 2.75) is 12.2 Å². The van der Waals surface area contributed by atoms with Gasteiger partial charge in [0, 0.05) is 12.4 Å². The highest BCUT2D eigenvalue weighted by Crippen LogP contribution is 2.12. The predicted octanol–water partition coefficient (Wildman–Crippen LogP) is 1.57. The van der Waals surface area contributed by atoms with Crippen molar-refractivity contribution < 1.29 is 10.5 Å². The summed E-state index contributed by atoms with van der Waals surface area (Å²) in [5, 5.41) is 0. The van der Waals surface area contributed by atoms with E-state index in [1.54, 1.807) is 0 Å². The van der Waals surface area contributed by atoms with Crippen molar-refractivity contribution in [2.75, 3.05) is 25.5 Å². The average molecular weight is 226 g/mol. The van der Waals surface area contributed by atoms with E-state index in [1.807, 2.05) is 11.8 Å². The fourth-order valence-electron chi connectivity index (χ4n) is 1.23. The number of ether oxygens (including phenoxy) is 1. The molecule has 1 aromatic rings. The van der Waals surface area contributed by atoms with Crippen LogP contribution in [0.15, 0.2) is 30.3 Å². The molecule has 3 N–H and O–H groups in total. The van der Waals surface area contributed by atoms with Crippen molar-refractivity contribution >= 4 is 11.8 Å². The second-order valence-electron chi connectivity index (χ2n) is 3.36. The zero-order valence-corrected chi connectivity index (χ0v) is 9.97. The Morgan fingerprint density at radius 2 is 1.93 bits per heavy atom. The van der Waals surface area contributed by atoms with E-state index in [9.17, 15) is 0 Å². The van der Waals surface area contributed by atoms with Crippen molar-refractivity contribution in [3.63, 3.8) is 0 Å². The predicted molar refractivity (Wildman–Crippen MR) is 65.8 cm³/mol. The molecule has 0 amide bonds. The first-order valence-electron chi connectivity index (χ1n) is 5.42. The van der Waals surface area contributed by atoms with Crippen LogP contribution in [0.5, 0.6) is 0 Å². The quantitative estimate of drug-likeness (QED) is 0.683.